The molecule has 0 unspecified atom stereocenters. The smallest absolute Gasteiger partial charge is 0.193 e. The SMILES string of the molecule is CCC/C(C#N)=C(\CCC)c1ccccc1C(F)(F)F. The molecule has 0 aliphatic carbocycles. The van der Waals surface area contributed by atoms with Crippen molar-refractivity contribution in [2.75, 3.05) is 0 Å². The molecule has 1 rings (SSSR count). The Morgan fingerprint density at radius 1 is 1.10 bits per heavy atom. The minimum absolute atomic E-state index is 0.145. The zero-order chi connectivity index (χ0) is 15.2. The Morgan fingerprint density at radius 3 is 2.20 bits per heavy atom. The van der Waals surface area contributed by atoms with E-state index in [2.05, 4.69) is 6.07 Å². The number of allylic oxidation sites excluding steroid dienone is 2. The fourth-order valence-corrected chi connectivity index (χ4v) is 2.22. The Bertz CT molecular complexity index is 521. The molecule has 0 heterocycles. The van der Waals surface area contributed by atoms with Gasteiger partial charge >= 0.3 is 6.18 Å². The number of halogens is 3. The molecule has 1 nitrogen and oxygen atoms in total. The third-order valence-corrected chi connectivity index (χ3v) is 3.06. The second kappa shape index (κ2) is 7.14. The van der Waals surface area contributed by atoms with Gasteiger partial charge in [-0.2, -0.15) is 18.4 Å². The van der Waals surface area contributed by atoms with E-state index in [0.717, 1.165) is 12.5 Å². The number of nitrogens with zero attached hydrogens (tertiary/aromatic N) is 1. The predicted molar refractivity (Wildman–Crippen MR) is 73.8 cm³/mol. The highest BCUT2D eigenvalue weighted by Gasteiger charge is 2.34. The summed E-state index contributed by atoms with van der Waals surface area (Å²) >= 11 is 0. The van der Waals surface area contributed by atoms with Crippen LogP contribution in [0.15, 0.2) is 29.8 Å². The summed E-state index contributed by atoms with van der Waals surface area (Å²) in [6, 6.07) is 7.57. The van der Waals surface area contributed by atoms with E-state index in [1.165, 1.54) is 12.1 Å². The molecule has 0 aliphatic rings. The summed E-state index contributed by atoms with van der Waals surface area (Å²) in [7, 11) is 0. The summed E-state index contributed by atoms with van der Waals surface area (Å²) < 4.78 is 39.3. The van der Waals surface area contributed by atoms with Crippen molar-refractivity contribution < 1.29 is 13.2 Å². The normalized spacial score (nSPS) is 12.8. The molecule has 0 radical (unpaired) electrons. The highest BCUT2D eigenvalue weighted by molar-refractivity contribution is 5.74. The highest BCUT2D eigenvalue weighted by atomic mass is 19.4. The zero-order valence-corrected chi connectivity index (χ0v) is 11.7. The highest BCUT2D eigenvalue weighted by Crippen LogP contribution is 2.37. The van der Waals surface area contributed by atoms with E-state index in [1.807, 2.05) is 13.8 Å². The van der Waals surface area contributed by atoms with E-state index in [1.54, 1.807) is 6.07 Å². The number of hydrogen-bond acceptors (Lipinski definition) is 1. The van der Waals surface area contributed by atoms with Crippen LogP contribution in [0.4, 0.5) is 13.2 Å². The summed E-state index contributed by atoms with van der Waals surface area (Å²) in [4.78, 5) is 0. The minimum atomic E-state index is -4.40. The van der Waals surface area contributed by atoms with Gasteiger partial charge in [-0.25, -0.2) is 0 Å². The molecule has 0 saturated heterocycles. The van der Waals surface area contributed by atoms with Crippen LogP contribution in [0.3, 0.4) is 0 Å². The maximum Gasteiger partial charge on any atom is 0.416 e. The van der Waals surface area contributed by atoms with Gasteiger partial charge in [0.2, 0.25) is 0 Å². The van der Waals surface area contributed by atoms with Gasteiger partial charge in [0.1, 0.15) is 0 Å². The Morgan fingerprint density at radius 2 is 1.70 bits per heavy atom. The monoisotopic (exact) mass is 281 g/mol. The Hall–Kier alpha value is -1.76. The standard InChI is InChI=1S/C16H18F3N/c1-3-7-12(11-20)13(8-4-2)14-9-5-6-10-15(14)16(17,18)19/h5-6,9-10H,3-4,7-8H2,1-2H3/b13-12-. The lowest BCUT2D eigenvalue weighted by atomic mass is 9.90. The molecule has 0 aliphatic heterocycles. The Kier molecular flexibility index (Phi) is 5.82. The van der Waals surface area contributed by atoms with Crippen molar-refractivity contribution in [2.45, 2.75) is 45.7 Å². The van der Waals surface area contributed by atoms with Gasteiger partial charge in [0.05, 0.1) is 11.6 Å². The number of benzene rings is 1. The average Bonchev–Trinajstić information content (AvgIpc) is 2.42. The van der Waals surface area contributed by atoms with Crippen molar-refractivity contribution in [3.05, 3.63) is 41.0 Å². The van der Waals surface area contributed by atoms with Crippen LogP contribution in [0.1, 0.15) is 50.7 Å². The number of alkyl halides is 3. The van der Waals surface area contributed by atoms with Crippen LogP contribution in [-0.4, -0.2) is 0 Å². The van der Waals surface area contributed by atoms with Gasteiger partial charge in [0, 0.05) is 5.57 Å². The molecule has 0 atom stereocenters. The fraction of sp³-hybridized carbons (Fsp3) is 0.438. The van der Waals surface area contributed by atoms with Crippen LogP contribution in [0.5, 0.6) is 0 Å². The van der Waals surface area contributed by atoms with Gasteiger partial charge in [-0.05, 0) is 30.0 Å². The average molecular weight is 281 g/mol. The van der Waals surface area contributed by atoms with Crippen molar-refractivity contribution in [3.8, 4) is 6.07 Å². The molecule has 0 saturated carbocycles. The second-order valence-corrected chi connectivity index (χ2v) is 4.61. The first kappa shape index (κ1) is 16.3. The number of nitriles is 1. The van der Waals surface area contributed by atoms with Crippen LogP contribution in [0.25, 0.3) is 5.57 Å². The van der Waals surface area contributed by atoms with E-state index in [4.69, 9.17) is 0 Å². The Balaban J connectivity index is 3.48. The van der Waals surface area contributed by atoms with E-state index in [-0.39, 0.29) is 5.56 Å². The molecule has 1 aromatic carbocycles. The molecular formula is C16H18F3N. The third-order valence-electron chi connectivity index (χ3n) is 3.06. The summed E-state index contributed by atoms with van der Waals surface area (Å²) in [5.74, 6) is 0. The molecule has 0 bridgehead atoms. The van der Waals surface area contributed by atoms with Crippen LogP contribution in [0, 0.1) is 11.3 Å². The molecule has 0 N–H and O–H groups in total. The van der Waals surface area contributed by atoms with Crippen molar-refractivity contribution in [2.24, 2.45) is 0 Å². The molecule has 0 spiro atoms. The quantitative estimate of drug-likeness (QED) is 0.646. The predicted octanol–water partition coefficient (Wildman–Crippen LogP) is 5.58. The first-order chi connectivity index (χ1) is 9.45. The van der Waals surface area contributed by atoms with Gasteiger partial charge in [-0.3, -0.25) is 0 Å². The maximum absolute atomic E-state index is 13.1. The summed E-state index contributed by atoms with van der Waals surface area (Å²) in [6.07, 6.45) is -1.96. The third kappa shape index (κ3) is 3.86. The van der Waals surface area contributed by atoms with Crippen LogP contribution in [0.2, 0.25) is 0 Å². The van der Waals surface area contributed by atoms with Crippen LogP contribution in [-0.2, 0) is 6.18 Å². The van der Waals surface area contributed by atoms with E-state index < -0.39 is 11.7 Å². The van der Waals surface area contributed by atoms with Gasteiger partial charge in [0.15, 0.2) is 0 Å². The van der Waals surface area contributed by atoms with Crippen molar-refractivity contribution in [3.63, 3.8) is 0 Å². The summed E-state index contributed by atoms with van der Waals surface area (Å²) in [5, 5.41) is 9.22. The molecule has 4 heteroatoms. The fourth-order valence-electron chi connectivity index (χ4n) is 2.22. The van der Waals surface area contributed by atoms with Crippen LogP contribution >= 0.6 is 0 Å². The number of hydrogen-bond donors (Lipinski definition) is 0. The molecule has 0 aromatic heterocycles. The van der Waals surface area contributed by atoms with Crippen molar-refractivity contribution >= 4 is 5.57 Å². The molecular weight excluding hydrogens is 263 g/mol. The van der Waals surface area contributed by atoms with E-state index >= 15 is 0 Å². The van der Waals surface area contributed by atoms with Gasteiger partial charge in [0.25, 0.3) is 0 Å². The van der Waals surface area contributed by atoms with Gasteiger partial charge in [-0.15, -0.1) is 0 Å². The van der Waals surface area contributed by atoms with Crippen LogP contribution < -0.4 is 0 Å². The molecule has 20 heavy (non-hydrogen) atoms. The van der Waals surface area contributed by atoms with E-state index in [9.17, 15) is 18.4 Å². The van der Waals surface area contributed by atoms with Crippen molar-refractivity contribution in [1.29, 1.82) is 5.26 Å². The molecule has 1 aromatic rings. The summed E-state index contributed by atoms with van der Waals surface area (Å²) in [5.41, 5.74) is 0.481. The van der Waals surface area contributed by atoms with Gasteiger partial charge < -0.3 is 0 Å². The molecule has 0 amide bonds. The first-order valence-corrected chi connectivity index (χ1v) is 6.74. The van der Waals surface area contributed by atoms with Crippen molar-refractivity contribution in [1.82, 2.24) is 0 Å². The topological polar surface area (TPSA) is 23.8 Å². The molecule has 0 fully saturated rings. The van der Waals surface area contributed by atoms with E-state index in [0.29, 0.717) is 30.4 Å². The minimum Gasteiger partial charge on any atom is -0.193 e. The maximum atomic E-state index is 13.1. The zero-order valence-electron chi connectivity index (χ0n) is 11.7. The lowest BCUT2D eigenvalue weighted by Gasteiger charge is -2.16. The Labute approximate surface area is 117 Å². The second-order valence-electron chi connectivity index (χ2n) is 4.61. The lowest BCUT2D eigenvalue weighted by molar-refractivity contribution is -0.137. The van der Waals surface area contributed by atoms with Gasteiger partial charge in [-0.1, -0.05) is 44.9 Å². The largest absolute Gasteiger partial charge is 0.416 e. The molecule has 108 valence electrons. The first-order valence-electron chi connectivity index (χ1n) is 6.74. The number of rotatable bonds is 5. The summed E-state index contributed by atoms with van der Waals surface area (Å²) in [6.45, 7) is 3.81. The lowest BCUT2D eigenvalue weighted by Crippen LogP contribution is -2.09.